The molecule has 0 spiro atoms. The third kappa shape index (κ3) is 33.5. The van der Waals surface area contributed by atoms with Gasteiger partial charge in [-0.15, -0.1) is 0 Å². The molecule has 0 saturated heterocycles. The van der Waals surface area contributed by atoms with Crippen LogP contribution in [0, 0.1) is 0 Å². The standard InChI is InChI=1S/C38H77N2O6P/c1-6-8-10-12-14-16-18-20-21-23-25-27-29-31-37(41)36(35-46-47(43,44)45-34-33-40(3,4)5)39-38(42)32-30-28-26-24-22-19-17-15-13-11-9-7-2/h27,29,36-37,41H,6-26,28,30-35H2,1-5H3,(H-,39,42,43,44)/p+1/t36-,37+/m0/s1. The summed E-state index contributed by atoms with van der Waals surface area (Å²) < 4.78 is 23.5. The second-order valence-corrected chi connectivity index (χ2v) is 16.1. The van der Waals surface area contributed by atoms with Crippen LogP contribution in [0.15, 0.2) is 12.2 Å². The van der Waals surface area contributed by atoms with Crippen LogP contribution in [0.4, 0.5) is 0 Å². The van der Waals surface area contributed by atoms with E-state index in [9.17, 15) is 19.4 Å². The fourth-order valence-electron chi connectivity index (χ4n) is 5.56. The average Bonchev–Trinajstić information content (AvgIpc) is 3.01. The first-order valence-electron chi connectivity index (χ1n) is 19.6. The number of aliphatic hydroxyl groups excluding tert-OH is 1. The predicted molar refractivity (Wildman–Crippen MR) is 198 cm³/mol. The van der Waals surface area contributed by atoms with Crippen LogP contribution in [-0.2, 0) is 18.4 Å². The van der Waals surface area contributed by atoms with E-state index >= 15 is 0 Å². The third-order valence-electron chi connectivity index (χ3n) is 8.77. The molecule has 0 fully saturated rings. The first kappa shape index (κ1) is 46.2. The van der Waals surface area contributed by atoms with Crippen molar-refractivity contribution in [3.63, 3.8) is 0 Å². The number of nitrogens with one attached hydrogen (secondary N) is 1. The summed E-state index contributed by atoms with van der Waals surface area (Å²) in [5.74, 6) is -0.169. The van der Waals surface area contributed by atoms with Gasteiger partial charge in [0.25, 0.3) is 0 Å². The number of allylic oxidation sites excluding steroid dienone is 1. The molecule has 0 bridgehead atoms. The van der Waals surface area contributed by atoms with Crippen LogP contribution in [0.25, 0.3) is 0 Å². The summed E-state index contributed by atoms with van der Waals surface area (Å²) in [7, 11) is 1.59. The lowest BCUT2D eigenvalue weighted by Gasteiger charge is -2.26. The smallest absolute Gasteiger partial charge is 0.391 e. The van der Waals surface area contributed by atoms with E-state index in [1.165, 1.54) is 116 Å². The first-order chi connectivity index (χ1) is 22.5. The molecule has 0 aromatic carbocycles. The summed E-state index contributed by atoms with van der Waals surface area (Å²) in [5.41, 5.74) is 0. The first-order valence-corrected chi connectivity index (χ1v) is 21.0. The molecule has 1 unspecified atom stereocenters. The number of carbonyl (C=O) groups excluding carboxylic acids is 1. The Balaban J connectivity index is 4.52. The Labute approximate surface area is 291 Å². The topological polar surface area (TPSA) is 105 Å². The molecule has 0 saturated carbocycles. The van der Waals surface area contributed by atoms with Gasteiger partial charge >= 0.3 is 7.82 Å². The molecular weight excluding hydrogens is 611 g/mol. The molecule has 1 amide bonds. The summed E-state index contributed by atoms with van der Waals surface area (Å²) in [6, 6.07) is -0.802. The number of phosphoric acid groups is 1. The van der Waals surface area contributed by atoms with Gasteiger partial charge in [-0.05, 0) is 25.7 Å². The van der Waals surface area contributed by atoms with E-state index in [1.807, 2.05) is 27.2 Å². The lowest BCUT2D eigenvalue weighted by atomic mass is 10.0. The normalized spacial score (nSPS) is 14.8. The van der Waals surface area contributed by atoms with Gasteiger partial charge in [0.2, 0.25) is 5.91 Å². The fraction of sp³-hybridized carbons (Fsp3) is 0.921. The third-order valence-corrected chi connectivity index (χ3v) is 9.75. The van der Waals surface area contributed by atoms with Crippen molar-refractivity contribution in [2.24, 2.45) is 0 Å². The zero-order chi connectivity index (χ0) is 35.1. The van der Waals surface area contributed by atoms with E-state index in [2.05, 4.69) is 25.2 Å². The van der Waals surface area contributed by atoms with Crippen molar-refractivity contribution in [2.75, 3.05) is 40.9 Å². The van der Waals surface area contributed by atoms with E-state index < -0.39 is 20.0 Å². The molecule has 0 aliphatic carbocycles. The SMILES string of the molecule is CCCCCCCCCCCCC=CC[C@@H](O)[C@H](COP(=O)(O)OCC[N+](C)(C)C)NC(=O)CCCCCCCCCCCCCC. The molecule has 0 heterocycles. The maximum atomic E-state index is 12.8. The number of carbonyl (C=O) groups is 1. The van der Waals surface area contributed by atoms with Gasteiger partial charge in [0.15, 0.2) is 0 Å². The van der Waals surface area contributed by atoms with Crippen LogP contribution < -0.4 is 5.32 Å². The zero-order valence-electron chi connectivity index (χ0n) is 31.5. The predicted octanol–water partition coefficient (Wildman–Crippen LogP) is 10.0. The van der Waals surface area contributed by atoms with Gasteiger partial charge in [0, 0.05) is 6.42 Å². The highest BCUT2D eigenvalue weighted by molar-refractivity contribution is 7.47. The monoisotopic (exact) mass is 690 g/mol. The Morgan fingerprint density at radius 3 is 1.62 bits per heavy atom. The van der Waals surface area contributed by atoms with Gasteiger partial charge in [-0.1, -0.05) is 154 Å². The minimum atomic E-state index is -4.32. The molecule has 47 heavy (non-hydrogen) atoms. The van der Waals surface area contributed by atoms with Crippen molar-refractivity contribution < 1.29 is 32.9 Å². The molecule has 0 rings (SSSR count). The second-order valence-electron chi connectivity index (χ2n) is 14.7. The molecule has 0 aromatic heterocycles. The summed E-state index contributed by atoms with van der Waals surface area (Å²) in [6.45, 7) is 4.81. The second kappa shape index (κ2) is 31.2. The Bertz CT molecular complexity index is 789. The highest BCUT2D eigenvalue weighted by Crippen LogP contribution is 2.43. The molecule has 3 N–H and O–H groups in total. The van der Waals surface area contributed by atoms with Crippen molar-refractivity contribution in [3.8, 4) is 0 Å². The van der Waals surface area contributed by atoms with Crippen molar-refractivity contribution in [1.29, 1.82) is 0 Å². The molecule has 3 atom stereocenters. The highest BCUT2D eigenvalue weighted by Gasteiger charge is 2.28. The Hall–Kier alpha value is -0.760. The van der Waals surface area contributed by atoms with Crippen LogP contribution in [0.3, 0.4) is 0 Å². The molecule has 9 heteroatoms. The number of hydrogen-bond donors (Lipinski definition) is 3. The molecule has 0 aliphatic heterocycles. The van der Waals surface area contributed by atoms with Crippen LogP contribution in [-0.4, -0.2) is 73.4 Å². The van der Waals surface area contributed by atoms with Gasteiger partial charge in [-0.3, -0.25) is 13.8 Å². The van der Waals surface area contributed by atoms with E-state index in [4.69, 9.17) is 9.05 Å². The van der Waals surface area contributed by atoms with Crippen LogP contribution in [0.5, 0.6) is 0 Å². The number of amides is 1. The number of quaternary nitrogens is 1. The van der Waals surface area contributed by atoms with Crippen molar-refractivity contribution >= 4 is 13.7 Å². The van der Waals surface area contributed by atoms with Gasteiger partial charge in [0.1, 0.15) is 13.2 Å². The maximum absolute atomic E-state index is 12.8. The summed E-state index contributed by atoms with van der Waals surface area (Å²) >= 11 is 0. The fourth-order valence-corrected chi connectivity index (χ4v) is 6.30. The van der Waals surface area contributed by atoms with E-state index in [1.54, 1.807) is 0 Å². The summed E-state index contributed by atoms with van der Waals surface area (Å²) in [4.78, 5) is 23.0. The van der Waals surface area contributed by atoms with Crippen LogP contribution in [0.1, 0.15) is 174 Å². The minimum absolute atomic E-state index is 0.0670. The lowest BCUT2D eigenvalue weighted by Crippen LogP contribution is -2.46. The molecule has 0 aliphatic rings. The van der Waals surface area contributed by atoms with E-state index in [-0.39, 0.29) is 19.1 Å². The molecule has 8 nitrogen and oxygen atoms in total. The maximum Gasteiger partial charge on any atom is 0.472 e. The van der Waals surface area contributed by atoms with E-state index in [0.717, 1.165) is 32.1 Å². The van der Waals surface area contributed by atoms with Gasteiger partial charge in [-0.2, -0.15) is 0 Å². The molecule has 0 radical (unpaired) electrons. The largest absolute Gasteiger partial charge is 0.472 e. The minimum Gasteiger partial charge on any atom is -0.391 e. The number of phosphoric ester groups is 1. The number of unbranched alkanes of at least 4 members (excludes halogenated alkanes) is 21. The van der Waals surface area contributed by atoms with Crippen molar-refractivity contribution in [2.45, 2.75) is 187 Å². The summed E-state index contributed by atoms with van der Waals surface area (Å²) in [6.07, 6.45) is 32.5. The highest BCUT2D eigenvalue weighted by atomic mass is 31.2. The number of aliphatic hydroxyl groups is 1. The number of hydrogen-bond acceptors (Lipinski definition) is 5. The van der Waals surface area contributed by atoms with Crippen molar-refractivity contribution in [3.05, 3.63) is 12.2 Å². The number of rotatable bonds is 35. The number of likely N-dealkylation sites (N-methyl/N-ethyl adjacent to an activating group) is 1. The Morgan fingerprint density at radius 2 is 1.15 bits per heavy atom. The summed E-state index contributed by atoms with van der Waals surface area (Å²) in [5, 5.41) is 13.8. The van der Waals surface area contributed by atoms with E-state index in [0.29, 0.717) is 23.9 Å². The molecule has 280 valence electrons. The van der Waals surface area contributed by atoms with Crippen LogP contribution >= 0.6 is 7.82 Å². The lowest BCUT2D eigenvalue weighted by molar-refractivity contribution is -0.870. The van der Waals surface area contributed by atoms with Gasteiger partial charge < -0.3 is 19.8 Å². The number of nitrogens with zero attached hydrogens (tertiary/aromatic N) is 1. The van der Waals surface area contributed by atoms with Crippen molar-refractivity contribution in [1.82, 2.24) is 5.32 Å². The Morgan fingerprint density at radius 1 is 0.702 bits per heavy atom. The Kier molecular flexibility index (Phi) is 30.7. The quantitative estimate of drug-likeness (QED) is 0.0265. The molecular formula is C38H78N2O6P+. The zero-order valence-corrected chi connectivity index (χ0v) is 32.4. The average molecular weight is 690 g/mol. The van der Waals surface area contributed by atoms with Gasteiger partial charge in [-0.25, -0.2) is 4.57 Å². The van der Waals surface area contributed by atoms with Gasteiger partial charge in [0.05, 0.1) is 39.9 Å². The van der Waals surface area contributed by atoms with Crippen LogP contribution in [0.2, 0.25) is 0 Å². The molecule has 0 aromatic rings.